The summed E-state index contributed by atoms with van der Waals surface area (Å²) in [4.78, 5) is 17.6. The number of rotatable bonds is 4. The summed E-state index contributed by atoms with van der Waals surface area (Å²) < 4.78 is 12.0. The number of fused-ring (bicyclic) bond motifs is 1. The van der Waals surface area contributed by atoms with Gasteiger partial charge in [-0.05, 0) is 43.2 Å². The van der Waals surface area contributed by atoms with E-state index in [-0.39, 0.29) is 11.5 Å². The maximum atomic E-state index is 13.1. The topological polar surface area (TPSA) is 91.4 Å². The lowest BCUT2D eigenvalue weighted by atomic mass is 10.1. The van der Waals surface area contributed by atoms with Crippen molar-refractivity contribution in [3.05, 3.63) is 51.8 Å². The van der Waals surface area contributed by atoms with Crippen molar-refractivity contribution >= 4 is 16.9 Å². The summed E-state index contributed by atoms with van der Waals surface area (Å²) >= 11 is 0. The van der Waals surface area contributed by atoms with Crippen LogP contribution < -0.4 is 26.3 Å². The van der Waals surface area contributed by atoms with E-state index in [1.54, 1.807) is 12.1 Å². The third kappa shape index (κ3) is 2.78. The van der Waals surface area contributed by atoms with Crippen molar-refractivity contribution in [1.29, 1.82) is 0 Å². The van der Waals surface area contributed by atoms with Crippen LogP contribution in [0.5, 0.6) is 11.5 Å². The van der Waals surface area contributed by atoms with Crippen molar-refractivity contribution < 1.29 is 9.47 Å². The molecule has 0 saturated carbocycles. The third-order valence-corrected chi connectivity index (χ3v) is 4.25. The minimum absolute atomic E-state index is 0.243. The number of nitrogen functional groups attached to an aromatic ring is 1. The Morgan fingerprint density at radius 1 is 1.04 bits per heavy atom. The Balaban J connectivity index is 2.36. The van der Waals surface area contributed by atoms with E-state index in [1.165, 1.54) is 18.8 Å². The van der Waals surface area contributed by atoms with Crippen LogP contribution in [-0.2, 0) is 0 Å². The van der Waals surface area contributed by atoms with Crippen LogP contribution >= 0.6 is 0 Å². The average molecular weight is 340 g/mol. The van der Waals surface area contributed by atoms with Gasteiger partial charge >= 0.3 is 0 Å². The van der Waals surface area contributed by atoms with Crippen LogP contribution in [0.2, 0.25) is 0 Å². The number of hydrazine groups is 1. The summed E-state index contributed by atoms with van der Waals surface area (Å²) in [6.45, 7) is 4.00. The van der Waals surface area contributed by atoms with E-state index < -0.39 is 0 Å². The Morgan fingerprint density at radius 3 is 2.32 bits per heavy atom. The molecule has 3 N–H and O–H groups in total. The maximum Gasteiger partial charge on any atom is 0.267 e. The summed E-state index contributed by atoms with van der Waals surface area (Å²) in [5, 5.41) is 0.412. The molecule has 0 aliphatic heterocycles. The molecular weight excluding hydrogens is 320 g/mol. The van der Waals surface area contributed by atoms with E-state index in [9.17, 15) is 4.79 Å². The first kappa shape index (κ1) is 16.8. The lowest BCUT2D eigenvalue weighted by Gasteiger charge is -2.15. The zero-order chi connectivity index (χ0) is 18.1. The van der Waals surface area contributed by atoms with E-state index in [0.29, 0.717) is 28.1 Å². The largest absolute Gasteiger partial charge is 0.493 e. The first-order valence-corrected chi connectivity index (χ1v) is 7.73. The highest BCUT2D eigenvalue weighted by molar-refractivity contribution is 5.83. The van der Waals surface area contributed by atoms with Crippen LogP contribution in [0.1, 0.15) is 11.1 Å². The van der Waals surface area contributed by atoms with Crippen molar-refractivity contribution in [1.82, 2.24) is 9.55 Å². The molecule has 1 heterocycles. The van der Waals surface area contributed by atoms with Crippen molar-refractivity contribution in [2.45, 2.75) is 13.8 Å². The van der Waals surface area contributed by atoms with E-state index in [1.807, 2.05) is 32.0 Å². The number of methoxy groups -OCH3 is 2. The standard InChI is InChI=1S/C18H20N4O3/c1-10-5-6-12(7-11(10)2)22-17(23)13-8-15(24-3)16(25-4)9-14(13)20-18(22)21-19/h5-9H,19H2,1-4H3,(H,20,21). The SMILES string of the molecule is COc1cc2nc(NN)n(-c3ccc(C)c(C)c3)c(=O)c2cc1OC. The van der Waals surface area contributed by atoms with Gasteiger partial charge in [0.2, 0.25) is 5.95 Å². The second-order valence-corrected chi connectivity index (χ2v) is 5.71. The molecule has 0 spiro atoms. The molecule has 130 valence electrons. The van der Waals surface area contributed by atoms with Gasteiger partial charge in [-0.25, -0.2) is 15.4 Å². The molecule has 0 aliphatic rings. The molecule has 0 aliphatic carbocycles. The van der Waals surface area contributed by atoms with Gasteiger partial charge in [0, 0.05) is 6.07 Å². The Labute approximate surface area is 145 Å². The monoisotopic (exact) mass is 340 g/mol. The fourth-order valence-electron chi connectivity index (χ4n) is 2.71. The number of nitrogens with zero attached hydrogens (tertiary/aromatic N) is 2. The molecule has 0 unspecified atom stereocenters. The summed E-state index contributed by atoms with van der Waals surface area (Å²) in [7, 11) is 3.05. The van der Waals surface area contributed by atoms with Gasteiger partial charge in [0.15, 0.2) is 11.5 Å². The molecule has 2 aromatic carbocycles. The second-order valence-electron chi connectivity index (χ2n) is 5.71. The van der Waals surface area contributed by atoms with Gasteiger partial charge in [-0.1, -0.05) is 6.07 Å². The first-order valence-electron chi connectivity index (χ1n) is 7.73. The quantitative estimate of drug-likeness (QED) is 0.559. The summed E-state index contributed by atoms with van der Waals surface area (Å²) in [5.41, 5.74) is 5.62. The van der Waals surface area contributed by atoms with Crippen LogP contribution in [0.3, 0.4) is 0 Å². The van der Waals surface area contributed by atoms with E-state index in [2.05, 4.69) is 10.4 Å². The lowest BCUT2D eigenvalue weighted by Crippen LogP contribution is -2.26. The zero-order valence-electron chi connectivity index (χ0n) is 14.6. The van der Waals surface area contributed by atoms with Crippen LogP contribution in [0.15, 0.2) is 35.1 Å². The van der Waals surface area contributed by atoms with Gasteiger partial charge in [0.05, 0.1) is 30.8 Å². The Kier molecular flexibility index (Phi) is 4.33. The van der Waals surface area contributed by atoms with Gasteiger partial charge in [-0.2, -0.15) is 0 Å². The van der Waals surface area contributed by atoms with Crippen LogP contribution in [0, 0.1) is 13.8 Å². The number of nitrogens with two attached hydrogens (primary N) is 1. The molecule has 0 amide bonds. The number of benzene rings is 2. The van der Waals surface area contributed by atoms with Gasteiger partial charge < -0.3 is 9.47 Å². The number of aryl methyl sites for hydroxylation is 2. The first-order chi connectivity index (χ1) is 12.0. The summed E-state index contributed by atoms with van der Waals surface area (Å²) in [5.74, 6) is 6.82. The normalized spacial score (nSPS) is 10.8. The molecule has 0 bridgehead atoms. The molecule has 0 atom stereocenters. The van der Waals surface area contributed by atoms with E-state index >= 15 is 0 Å². The van der Waals surface area contributed by atoms with Gasteiger partial charge in [-0.3, -0.25) is 10.2 Å². The van der Waals surface area contributed by atoms with Gasteiger partial charge in [-0.15, -0.1) is 0 Å². The van der Waals surface area contributed by atoms with Gasteiger partial charge in [0.1, 0.15) is 0 Å². The van der Waals surface area contributed by atoms with Gasteiger partial charge in [0.25, 0.3) is 5.56 Å². The number of hydrogen-bond donors (Lipinski definition) is 2. The number of aromatic nitrogens is 2. The van der Waals surface area contributed by atoms with Crippen LogP contribution in [-0.4, -0.2) is 23.8 Å². The highest BCUT2D eigenvalue weighted by Crippen LogP contribution is 2.31. The highest BCUT2D eigenvalue weighted by atomic mass is 16.5. The Bertz CT molecular complexity index is 1010. The minimum atomic E-state index is -0.248. The molecule has 0 saturated heterocycles. The van der Waals surface area contributed by atoms with E-state index in [4.69, 9.17) is 15.3 Å². The third-order valence-electron chi connectivity index (χ3n) is 4.25. The number of nitrogens with one attached hydrogen (secondary N) is 1. The Morgan fingerprint density at radius 2 is 1.72 bits per heavy atom. The zero-order valence-corrected chi connectivity index (χ0v) is 14.6. The fraction of sp³-hybridized carbons (Fsp3) is 0.222. The maximum absolute atomic E-state index is 13.1. The number of ether oxygens (including phenoxy) is 2. The second kappa shape index (κ2) is 6.45. The number of hydrogen-bond acceptors (Lipinski definition) is 6. The molecule has 0 fully saturated rings. The van der Waals surface area contributed by atoms with Crippen molar-refractivity contribution in [3.8, 4) is 17.2 Å². The molecule has 3 rings (SSSR count). The van der Waals surface area contributed by atoms with E-state index in [0.717, 1.165) is 11.1 Å². The van der Waals surface area contributed by atoms with Crippen molar-refractivity contribution in [3.63, 3.8) is 0 Å². The molecule has 7 nitrogen and oxygen atoms in total. The summed E-state index contributed by atoms with van der Waals surface area (Å²) in [6, 6.07) is 9.02. The smallest absolute Gasteiger partial charge is 0.267 e. The molecular formula is C18H20N4O3. The Hall–Kier alpha value is -3.06. The molecule has 3 aromatic rings. The molecule has 1 aromatic heterocycles. The van der Waals surface area contributed by atoms with Crippen LogP contribution in [0.25, 0.3) is 16.6 Å². The highest BCUT2D eigenvalue weighted by Gasteiger charge is 2.16. The summed E-state index contributed by atoms with van der Waals surface area (Å²) in [6.07, 6.45) is 0. The predicted molar refractivity (Wildman–Crippen MR) is 97.7 cm³/mol. The molecule has 0 radical (unpaired) electrons. The average Bonchev–Trinajstić information content (AvgIpc) is 2.62. The lowest BCUT2D eigenvalue weighted by molar-refractivity contribution is 0.355. The number of anilines is 1. The minimum Gasteiger partial charge on any atom is -0.493 e. The fourth-order valence-corrected chi connectivity index (χ4v) is 2.71. The predicted octanol–water partition coefficient (Wildman–Crippen LogP) is 2.31. The van der Waals surface area contributed by atoms with Crippen molar-refractivity contribution in [2.75, 3.05) is 19.6 Å². The molecule has 7 heteroatoms. The van der Waals surface area contributed by atoms with Crippen LogP contribution in [0.4, 0.5) is 5.95 Å². The van der Waals surface area contributed by atoms with Crippen molar-refractivity contribution in [2.24, 2.45) is 5.84 Å². The molecule has 25 heavy (non-hydrogen) atoms.